The highest BCUT2D eigenvalue weighted by molar-refractivity contribution is 5.87. The number of fused-ring (bicyclic) bond motifs is 1. The third kappa shape index (κ3) is 4.95. The number of benzene rings is 2. The van der Waals surface area contributed by atoms with E-state index in [-0.39, 0.29) is 36.0 Å². The van der Waals surface area contributed by atoms with E-state index in [0.717, 1.165) is 41.4 Å². The number of nitrogens with zero attached hydrogens (tertiary/aromatic N) is 2. The van der Waals surface area contributed by atoms with Crippen molar-refractivity contribution < 1.29 is 18.7 Å². The van der Waals surface area contributed by atoms with Crippen LogP contribution in [0.1, 0.15) is 50.2 Å². The van der Waals surface area contributed by atoms with E-state index in [0.29, 0.717) is 19.7 Å². The maximum atomic E-state index is 14.2. The van der Waals surface area contributed by atoms with Crippen molar-refractivity contribution in [1.82, 2.24) is 9.47 Å². The Kier molecular flexibility index (Phi) is 7.11. The second kappa shape index (κ2) is 10.2. The first-order chi connectivity index (χ1) is 16.0. The van der Waals surface area contributed by atoms with Gasteiger partial charge in [0.2, 0.25) is 5.91 Å². The summed E-state index contributed by atoms with van der Waals surface area (Å²) in [6.45, 7) is 6.03. The van der Waals surface area contributed by atoms with E-state index in [4.69, 9.17) is 4.74 Å². The number of piperidine rings is 1. The molecule has 33 heavy (non-hydrogen) atoms. The van der Waals surface area contributed by atoms with Crippen LogP contribution in [0.2, 0.25) is 0 Å². The minimum absolute atomic E-state index is 0.0217. The summed E-state index contributed by atoms with van der Waals surface area (Å²) >= 11 is 0. The van der Waals surface area contributed by atoms with Crippen molar-refractivity contribution in [3.63, 3.8) is 0 Å². The maximum absolute atomic E-state index is 14.2. The molecule has 0 radical (unpaired) electrons. The quantitative estimate of drug-likeness (QED) is 0.469. The van der Waals surface area contributed by atoms with Crippen LogP contribution in [-0.4, -0.2) is 41.0 Å². The topological polar surface area (TPSA) is 51.5 Å². The fourth-order valence-electron chi connectivity index (χ4n) is 4.91. The number of rotatable bonds is 7. The molecule has 6 heteroatoms. The highest BCUT2D eigenvalue weighted by atomic mass is 19.1. The predicted molar refractivity (Wildman–Crippen MR) is 126 cm³/mol. The van der Waals surface area contributed by atoms with Gasteiger partial charge in [0.25, 0.3) is 0 Å². The molecule has 2 unspecified atom stereocenters. The van der Waals surface area contributed by atoms with Gasteiger partial charge in [0.15, 0.2) is 0 Å². The molecule has 2 aromatic carbocycles. The minimum Gasteiger partial charge on any atom is -0.466 e. The zero-order valence-corrected chi connectivity index (χ0v) is 19.3. The van der Waals surface area contributed by atoms with Crippen LogP contribution in [0.25, 0.3) is 10.9 Å². The van der Waals surface area contributed by atoms with Gasteiger partial charge in [0, 0.05) is 49.1 Å². The molecule has 1 fully saturated rings. The number of carbonyl (C=O) groups is 2. The summed E-state index contributed by atoms with van der Waals surface area (Å²) in [6.07, 6.45) is 3.82. The Morgan fingerprint density at radius 1 is 1.15 bits per heavy atom. The Morgan fingerprint density at radius 2 is 1.97 bits per heavy atom. The summed E-state index contributed by atoms with van der Waals surface area (Å²) in [6, 6.07) is 14.6. The molecule has 0 aliphatic carbocycles. The molecule has 1 saturated heterocycles. The van der Waals surface area contributed by atoms with Crippen LogP contribution >= 0.6 is 0 Å². The van der Waals surface area contributed by atoms with Gasteiger partial charge >= 0.3 is 5.97 Å². The predicted octanol–water partition coefficient (Wildman–Crippen LogP) is 5.12. The molecule has 0 saturated carbocycles. The van der Waals surface area contributed by atoms with Crippen molar-refractivity contribution in [2.24, 2.45) is 5.92 Å². The Hall–Kier alpha value is -3.15. The van der Waals surface area contributed by atoms with Crippen molar-refractivity contribution in [2.45, 2.75) is 45.6 Å². The van der Waals surface area contributed by atoms with Crippen LogP contribution in [-0.2, 0) is 20.9 Å². The smallest absolute Gasteiger partial charge is 0.310 e. The molecule has 5 nitrogen and oxygen atoms in total. The average Bonchev–Trinajstić information content (AvgIpc) is 3.21. The summed E-state index contributed by atoms with van der Waals surface area (Å²) in [5, 5.41) is 1.07. The summed E-state index contributed by atoms with van der Waals surface area (Å²) in [5.74, 6) is -1.13. The van der Waals surface area contributed by atoms with Gasteiger partial charge in [-0.1, -0.05) is 30.3 Å². The highest BCUT2D eigenvalue weighted by Crippen LogP contribution is 2.36. The number of hydrogen-bond acceptors (Lipinski definition) is 3. The lowest BCUT2D eigenvalue weighted by Gasteiger charge is -2.32. The molecule has 1 amide bonds. The van der Waals surface area contributed by atoms with E-state index in [1.165, 1.54) is 12.1 Å². The van der Waals surface area contributed by atoms with Gasteiger partial charge in [0.05, 0.1) is 12.5 Å². The van der Waals surface area contributed by atoms with Crippen molar-refractivity contribution in [3.05, 3.63) is 71.7 Å². The Morgan fingerprint density at radius 3 is 2.73 bits per heavy atom. The number of aryl methyl sites for hydroxylation is 1. The normalized spacial score (nSPS) is 17.2. The van der Waals surface area contributed by atoms with Crippen LogP contribution in [0.3, 0.4) is 0 Å². The van der Waals surface area contributed by atoms with E-state index in [1.54, 1.807) is 17.9 Å². The Bertz CT molecular complexity index is 1140. The molecule has 2 heterocycles. The Labute approximate surface area is 194 Å². The molecule has 1 aromatic heterocycles. The van der Waals surface area contributed by atoms with Gasteiger partial charge in [0.1, 0.15) is 5.82 Å². The van der Waals surface area contributed by atoms with Crippen molar-refractivity contribution in [3.8, 4) is 0 Å². The molecule has 2 atom stereocenters. The molecule has 1 aliphatic rings. The van der Waals surface area contributed by atoms with Gasteiger partial charge in [-0.25, -0.2) is 4.39 Å². The second-order valence-corrected chi connectivity index (χ2v) is 8.63. The third-order valence-corrected chi connectivity index (χ3v) is 6.56. The minimum atomic E-state index is -0.315. The molecule has 0 spiro atoms. The zero-order chi connectivity index (χ0) is 23.4. The van der Waals surface area contributed by atoms with Crippen molar-refractivity contribution in [2.75, 3.05) is 19.7 Å². The van der Waals surface area contributed by atoms with Gasteiger partial charge in [-0.15, -0.1) is 0 Å². The first-order valence-corrected chi connectivity index (χ1v) is 11.8. The fourth-order valence-corrected chi connectivity index (χ4v) is 4.91. The lowest BCUT2D eigenvalue weighted by molar-refractivity contribution is -0.151. The summed E-state index contributed by atoms with van der Waals surface area (Å²) in [5.41, 5.74) is 2.90. The number of amides is 1. The number of likely N-dealkylation sites (tertiary alicyclic amines) is 1. The number of halogens is 1. The van der Waals surface area contributed by atoms with E-state index >= 15 is 0 Å². The van der Waals surface area contributed by atoms with Gasteiger partial charge < -0.3 is 14.2 Å². The van der Waals surface area contributed by atoms with Crippen LogP contribution in [0.4, 0.5) is 4.39 Å². The number of hydrogen-bond donors (Lipinski definition) is 0. The van der Waals surface area contributed by atoms with E-state index in [2.05, 4.69) is 29.8 Å². The number of esters is 1. The van der Waals surface area contributed by atoms with Crippen LogP contribution < -0.4 is 0 Å². The first-order valence-electron chi connectivity index (χ1n) is 11.8. The lowest BCUT2D eigenvalue weighted by Crippen LogP contribution is -2.43. The van der Waals surface area contributed by atoms with Gasteiger partial charge in [-0.3, -0.25) is 9.59 Å². The Balaban J connectivity index is 1.66. The molecule has 1 aliphatic heterocycles. The number of para-hydroxylation sites is 1. The summed E-state index contributed by atoms with van der Waals surface area (Å²) in [7, 11) is 0. The van der Waals surface area contributed by atoms with Crippen LogP contribution in [0, 0.1) is 11.7 Å². The monoisotopic (exact) mass is 450 g/mol. The third-order valence-electron chi connectivity index (χ3n) is 6.56. The van der Waals surface area contributed by atoms with E-state index in [9.17, 15) is 14.0 Å². The van der Waals surface area contributed by atoms with Gasteiger partial charge in [-0.2, -0.15) is 0 Å². The van der Waals surface area contributed by atoms with Crippen molar-refractivity contribution >= 4 is 22.8 Å². The average molecular weight is 451 g/mol. The number of ether oxygens (including phenoxy) is 1. The molecule has 0 bridgehead atoms. The molecule has 4 rings (SSSR count). The SMILES string of the molecule is CCOC(=O)C1CCCN(C(=O)CC(c2cccc(F)c2)c2cn(CC)c3ccccc23)C1. The maximum Gasteiger partial charge on any atom is 0.310 e. The number of aromatic nitrogens is 1. The van der Waals surface area contributed by atoms with E-state index in [1.807, 2.05) is 18.2 Å². The lowest BCUT2D eigenvalue weighted by atomic mass is 9.87. The molecular weight excluding hydrogens is 419 g/mol. The highest BCUT2D eigenvalue weighted by Gasteiger charge is 2.31. The molecule has 0 N–H and O–H groups in total. The van der Waals surface area contributed by atoms with Crippen LogP contribution in [0.5, 0.6) is 0 Å². The van der Waals surface area contributed by atoms with E-state index < -0.39 is 0 Å². The summed E-state index contributed by atoms with van der Waals surface area (Å²) < 4.78 is 21.5. The second-order valence-electron chi connectivity index (χ2n) is 8.63. The van der Waals surface area contributed by atoms with Crippen molar-refractivity contribution in [1.29, 1.82) is 0 Å². The van der Waals surface area contributed by atoms with Crippen LogP contribution in [0.15, 0.2) is 54.7 Å². The molecular formula is C27H31FN2O3. The number of carbonyl (C=O) groups excluding carboxylic acids is 2. The molecule has 3 aromatic rings. The standard InChI is InChI=1S/C27H31FN2O3/c1-3-29-18-24(22-12-5-6-13-25(22)29)23(19-9-7-11-21(28)15-19)16-26(31)30-14-8-10-20(17-30)27(32)33-4-2/h5-7,9,11-13,15,18,20,23H,3-4,8,10,14,16-17H2,1-2H3. The largest absolute Gasteiger partial charge is 0.466 e. The molecule has 174 valence electrons. The summed E-state index contributed by atoms with van der Waals surface area (Å²) in [4.78, 5) is 27.5. The zero-order valence-electron chi connectivity index (χ0n) is 19.3. The van der Waals surface area contributed by atoms with Gasteiger partial charge in [-0.05, 0) is 56.0 Å². The first kappa shape index (κ1) is 23.0. The fraction of sp³-hybridized carbons (Fsp3) is 0.407.